The number of nitrogens with one attached hydrogen (secondary N) is 1. The Morgan fingerprint density at radius 2 is 2.04 bits per heavy atom. The van der Waals surface area contributed by atoms with E-state index in [-0.39, 0.29) is 0 Å². The lowest BCUT2D eigenvalue weighted by atomic mass is 9.86. The fraction of sp³-hybridized carbons (Fsp3) is 0.450. The lowest BCUT2D eigenvalue weighted by Crippen LogP contribution is -2.28. The Morgan fingerprint density at radius 1 is 1.12 bits per heavy atom. The van der Waals surface area contributed by atoms with Gasteiger partial charge in [0.15, 0.2) is 0 Å². The highest BCUT2D eigenvalue weighted by Crippen LogP contribution is 2.36. The van der Waals surface area contributed by atoms with Crippen LogP contribution in [0.25, 0.3) is 0 Å². The van der Waals surface area contributed by atoms with E-state index in [9.17, 15) is 0 Å². The first-order valence-electron chi connectivity index (χ1n) is 8.85. The maximum Gasteiger partial charge on any atom is 0.119 e. The van der Waals surface area contributed by atoms with Crippen molar-refractivity contribution in [1.82, 2.24) is 15.2 Å². The highest BCUT2D eigenvalue weighted by atomic mass is 16.5. The van der Waals surface area contributed by atoms with Gasteiger partial charge in [-0.3, -0.25) is 9.88 Å². The van der Waals surface area contributed by atoms with Crippen molar-refractivity contribution in [3.63, 3.8) is 0 Å². The molecule has 3 heterocycles. The first-order valence-corrected chi connectivity index (χ1v) is 8.85. The molecule has 1 unspecified atom stereocenters. The van der Waals surface area contributed by atoms with Gasteiger partial charge in [0.2, 0.25) is 0 Å². The summed E-state index contributed by atoms with van der Waals surface area (Å²) in [5, 5.41) is 3.53. The molecule has 0 amide bonds. The molecule has 1 N–H and O–H groups in total. The van der Waals surface area contributed by atoms with Crippen LogP contribution in [0.4, 0.5) is 0 Å². The van der Waals surface area contributed by atoms with Gasteiger partial charge in [0.05, 0.1) is 0 Å². The summed E-state index contributed by atoms with van der Waals surface area (Å²) in [5.41, 5.74) is 3.01. The molecular formula is C20H25N3O. The molecule has 0 saturated carbocycles. The Labute approximate surface area is 143 Å². The number of pyridine rings is 1. The minimum absolute atomic E-state index is 0.548. The summed E-state index contributed by atoms with van der Waals surface area (Å²) in [5.74, 6) is 0.917. The molecule has 2 aliphatic heterocycles. The minimum Gasteiger partial charge on any atom is -0.489 e. The van der Waals surface area contributed by atoms with E-state index < -0.39 is 0 Å². The van der Waals surface area contributed by atoms with Crippen molar-refractivity contribution >= 4 is 0 Å². The third kappa shape index (κ3) is 3.60. The minimum atomic E-state index is 0.548. The van der Waals surface area contributed by atoms with Crippen LogP contribution < -0.4 is 10.1 Å². The van der Waals surface area contributed by atoms with Crippen LogP contribution in [0.3, 0.4) is 0 Å². The van der Waals surface area contributed by atoms with Gasteiger partial charge in [-0.1, -0.05) is 18.2 Å². The normalized spacial score (nSPS) is 23.8. The molecule has 1 atom stereocenters. The quantitative estimate of drug-likeness (QED) is 0.918. The van der Waals surface area contributed by atoms with Crippen LogP contribution >= 0.6 is 0 Å². The molecule has 2 aromatic rings. The van der Waals surface area contributed by atoms with Crippen LogP contribution in [0.2, 0.25) is 0 Å². The number of aromatic nitrogens is 1. The highest BCUT2D eigenvalue weighted by Gasteiger charge is 2.39. The van der Waals surface area contributed by atoms with Crippen molar-refractivity contribution in [3.05, 3.63) is 59.9 Å². The summed E-state index contributed by atoms with van der Waals surface area (Å²) in [6.45, 7) is 6.46. The summed E-state index contributed by atoms with van der Waals surface area (Å²) in [6, 6.07) is 12.5. The maximum atomic E-state index is 5.83. The third-order valence-electron chi connectivity index (χ3n) is 5.31. The number of hydrogen-bond acceptors (Lipinski definition) is 4. The van der Waals surface area contributed by atoms with Crippen molar-refractivity contribution in [2.75, 3.05) is 26.2 Å². The second-order valence-corrected chi connectivity index (χ2v) is 7.18. The average Bonchev–Trinajstić information content (AvgIpc) is 3.25. The zero-order chi connectivity index (χ0) is 16.2. The second-order valence-electron chi connectivity index (χ2n) is 7.18. The molecule has 4 nitrogen and oxygen atoms in total. The summed E-state index contributed by atoms with van der Waals surface area (Å²) < 4.78 is 5.83. The third-order valence-corrected chi connectivity index (χ3v) is 5.31. The molecule has 0 bridgehead atoms. The van der Waals surface area contributed by atoms with Gasteiger partial charge in [0.1, 0.15) is 12.4 Å². The van der Waals surface area contributed by atoms with Gasteiger partial charge in [-0.2, -0.15) is 0 Å². The Morgan fingerprint density at radius 3 is 2.79 bits per heavy atom. The van der Waals surface area contributed by atoms with E-state index in [1.54, 1.807) is 6.20 Å². The number of rotatable bonds is 5. The first kappa shape index (κ1) is 15.6. The molecule has 126 valence electrons. The van der Waals surface area contributed by atoms with Gasteiger partial charge in [0.25, 0.3) is 0 Å². The molecule has 1 spiro atoms. The van der Waals surface area contributed by atoms with E-state index in [1.165, 1.54) is 44.6 Å². The Bertz CT molecular complexity index is 650. The van der Waals surface area contributed by atoms with E-state index in [0.29, 0.717) is 12.0 Å². The zero-order valence-electron chi connectivity index (χ0n) is 14.1. The maximum absolute atomic E-state index is 5.83. The number of likely N-dealkylation sites (tertiary alicyclic amines) is 1. The summed E-state index contributed by atoms with van der Waals surface area (Å²) in [6.07, 6.45) is 6.30. The van der Waals surface area contributed by atoms with Crippen LogP contribution in [0.5, 0.6) is 5.75 Å². The van der Waals surface area contributed by atoms with Crippen LogP contribution in [-0.2, 0) is 13.2 Å². The number of hydrogen-bond donors (Lipinski definition) is 1. The largest absolute Gasteiger partial charge is 0.489 e. The summed E-state index contributed by atoms with van der Waals surface area (Å²) in [4.78, 5) is 6.70. The molecule has 1 aromatic heterocycles. The molecule has 1 aromatic carbocycles. The van der Waals surface area contributed by atoms with E-state index >= 15 is 0 Å². The smallest absolute Gasteiger partial charge is 0.119 e. The fourth-order valence-corrected chi connectivity index (χ4v) is 3.91. The Hall–Kier alpha value is -1.91. The van der Waals surface area contributed by atoms with Crippen LogP contribution in [-0.4, -0.2) is 36.1 Å². The number of nitrogens with zero attached hydrogens (tertiary/aromatic N) is 2. The summed E-state index contributed by atoms with van der Waals surface area (Å²) in [7, 11) is 0. The summed E-state index contributed by atoms with van der Waals surface area (Å²) >= 11 is 0. The SMILES string of the molecule is c1cncc(COc2ccc(CN3CCC4(CCNC4)C3)cc2)c1. The van der Waals surface area contributed by atoms with Gasteiger partial charge in [-0.05, 0) is 55.1 Å². The molecule has 2 saturated heterocycles. The zero-order valence-corrected chi connectivity index (χ0v) is 14.1. The van der Waals surface area contributed by atoms with Gasteiger partial charge in [-0.25, -0.2) is 0 Å². The lowest BCUT2D eigenvalue weighted by molar-refractivity contribution is 0.268. The molecule has 0 radical (unpaired) electrons. The molecule has 2 aliphatic rings. The average molecular weight is 323 g/mol. The van der Waals surface area contributed by atoms with Crippen molar-refractivity contribution in [2.24, 2.45) is 5.41 Å². The molecule has 24 heavy (non-hydrogen) atoms. The Kier molecular flexibility index (Phi) is 4.50. The molecule has 4 heteroatoms. The van der Waals surface area contributed by atoms with Crippen LogP contribution in [0.1, 0.15) is 24.0 Å². The van der Waals surface area contributed by atoms with E-state index in [1.807, 2.05) is 18.3 Å². The molecule has 4 rings (SSSR count). The highest BCUT2D eigenvalue weighted by molar-refractivity contribution is 5.27. The molecule has 2 fully saturated rings. The van der Waals surface area contributed by atoms with E-state index in [2.05, 4.69) is 39.5 Å². The van der Waals surface area contributed by atoms with Gasteiger partial charge >= 0.3 is 0 Å². The number of benzene rings is 1. The Balaban J connectivity index is 1.30. The van der Waals surface area contributed by atoms with Crippen molar-refractivity contribution in [1.29, 1.82) is 0 Å². The predicted octanol–water partition coefficient (Wildman–Crippen LogP) is 2.85. The van der Waals surface area contributed by atoms with E-state index in [0.717, 1.165) is 17.9 Å². The lowest BCUT2D eigenvalue weighted by Gasteiger charge is -2.22. The standard InChI is InChI=1S/C20H25N3O/c1-2-18(12-21-9-1)14-24-19-5-3-17(4-6-19)13-23-11-8-20(16-23)7-10-22-15-20/h1-6,9,12,22H,7-8,10-11,13-16H2. The fourth-order valence-electron chi connectivity index (χ4n) is 3.91. The topological polar surface area (TPSA) is 37.4 Å². The monoisotopic (exact) mass is 323 g/mol. The van der Waals surface area contributed by atoms with Crippen LogP contribution in [0.15, 0.2) is 48.8 Å². The van der Waals surface area contributed by atoms with Gasteiger partial charge in [-0.15, -0.1) is 0 Å². The first-order chi connectivity index (χ1) is 11.8. The van der Waals surface area contributed by atoms with Gasteiger partial charge < -0.3 is 10.1 Å². The van der Waals surface area contributed by atoms with Crippen molar-refractivity contribution in [3.8, 4) is 5.75 Å². The van der Waals surface area contributed by atoms with Crippen molar-refractivity contribution < 1.29 is 4.74 Å². The van der Waals surface area contributed by atoms with Gasteiger partial charge in [0, 0.05) is 37.6 Å². The van der Waals surface area contributed by atoms with Crippen LogP contribution in [0, 0.1) is 5.41 Å². The van der Waals surface area contributed by atoms with Crippen molar-refractivity contribution in [2.45, 2.75) is 26.0 Å². The number of ether oxygens (including phenoxy) is 1. The predicted molar refractivity (Wildman–Crippen MR) is 94.8 cm³/mol. The van der Waals surface area contributed by atoms with E-state index in [4.69, 9.17) is 4.74 Å². The second kappa shape index (κ2) is 6.91. The molecule has 0 aliphatic carbocycles. The molecular weight excluding hydrogens is 298 g/mol.